The maximum Gasteiger partial charge on any atom is 0.319 e. The van der Waals surface area contributed by atoms with Gasteiger partial charge in [0.1, 0.15) is 0 Å². The predicted molar refractivity (Wildman–Crippen MR) is 172 cm³/mol. The summed E-state index contributed by atoms with van der Waals surface area (Å²) < 4.78 is 28.5. The van der Waals surface area contributed by atoms with Crippen molar-refractivity contribution < 1.29 is 18.3 Å². The Hall–Kier alpha value is -3.67. The number of unbranched alkanes of at least 4 members (excludes halogenated alkanes) is 3. The molecule has 0 radical (unpaired) electrons. The van der Waals surface area contributed by atoms with Crippen molar-refractivity contribution in [1.82, 2.24) is 15.6 Å². The molecule has 5 N–H and O–H groups in total. The number of aliphatic hydroxyl groups excluding tert-OH is 1. The van der Waals surface area contributed by atoms with Crippen LogP contribution in [0.3, 0.4) is 0 Å². The molecule has 0 bridgehead atoms. The fraction of sp³-hybridized carbons (Fsp3) is 0.438. The Labute approximate surface area is 255 Å². The topological polar surface area (TPSA) is 136 Å². The molecular weight excluding hydrogens is 564 g/mol. The van der Waals surface area contributed by atoms with E-state index in [1.165, 1.54) is 12.1 Å². The van der Waals surface area contributed by atoms with Crippen molar-refractivity contribution in [1.29, 1.82) is 0 Å². The van der Waals surface area contributed by atoms with Crippen LogP contribution in [-0.4, -0.2) is 56.8 Å². The van der Waals surface area contributed by atoms with Gasteiger partial charge in [-0.1, -0.05) is 32.3 Å². The molecule has 1 aromatic heterocycles. The molecular formula is C32H44N6O4S. The fourth-order valence-corrected chi connectivity index (χ4v) is 6.07. The zero-order valence-corrected chi connectivity index (χ0v) is 25.9. The molecule has 232 valence electrons. The molecule has 1 fully saturated rings. The molecule has 1 saturated heterocycles. The number of carbonyl (C=O) groups excluding carboxylic acids is 1. The summed E-state index contributed by atoms with van der Waals surface area (Å²) in [6.07, 6.45) is 7.32. The lowest BCUT2D eigenvalue weighted by molar-refractivity contribution is 0.167. The third kappa shape index (κ3) is 9.94. The van der Waals surface area contributed by atoms with E-state index in [1.807, 2.05) is 31.2 Å². The Kier molecular flexibility index (Phi) is 11.8. The van der Waals surface area contributed by atoms with Crippen molar-refractivity contribution in [3.8, 4) is 0 Å². The number of nitrogens with one attached hydrogen (secondary N) is 4. The summed E-state index contributed by atoms with van der Waals surface area (Å²) in [5, 5.41) is 19.5. The van der Waals surface area contributed by atoms with E-state index in [0.29, 0.717) is 30.5 Å². The number of rotatable bonds is 14. The van der Waals surface area contributed by atoms with Crippen molar-refractivity contribution in [3.05, 3.63) is 78.1 Å². The van der Waals surface area contributed by atoms with Gasteiger partial charge >= 0.3 is 6.03 Å². The first-order chi connectivity index (χ1) is 20.7. The fourth-order valence-electron chi connectivity index (χ4n) is 5.02. The lowest BCUT2D eigenvalue weighted by Crippen LogP contribution is -2.43. The van der Waals surface area contributed by atoms with Crippen LogP contribution >= 0.6 is 0 Å². The molecule has 0 aliphatic carbocycles. The predicted octanol–water partition coefficient (Wildman–Crippen LogP) is 5.18. The standard InChI is InChI=1S/C32H44N6O4S/c1-3-4-5-6-19-33-32(40)36-27-11-15-30(16-12-27)43(41,42)37-28-9-13-29(14-10-28)38-20-17-26(18-21-38)35-23-31(39)25-8-7-24(2)34-22-25/h7-16,22,26,31,35,37,39H,3-6,17-21,23H2,1-2H3,(H2,33,36,40). The van der Waals surface area contributed by atoms with Crippen LogP contribution in [0.2, 0.25) is 0 Å². The Morgan fingerprint density at radius 2 is 1.67 bits per heavy atom. The van der Waals surface area contributed by atoms with Gasteiger partial charge in [0.2, 0.25) is 0 Å². The van der Waals surface area contributed by atoms with Crippen LogP contribution in [0.1, 0.15) is 62.8 Å². The van der Waals surface area contributed by atoms with E-state index in [1.54, 1.807) is 30.5 Å². The van der Waals surface area contributed by atoms with E-state index in [2.05, 4.69) is 37.5 Å². The Morgan fingerprint density at radius 1 is 0.977 bits per heavy atom. The number of sulfonamides is 1. The first kappa shape index (κ1) is 32.2. The number of aromatic nitrogens is 1. The molecule has 43 heavy (non-hydrogen) atoms. The average Bonchev–Trinajstić information content (AvgIpc) is 3.01. The van der Waals surface area contributed by atoms with Crippen molar-refractivity contribution in [3.63, 3.8) is 0 Å². The molecule has 4 rings (SSSR count). The molecule has 1 unspecified atom stereocenters. The number of anilines is 3. The molecule has 0 saturated carbocycles. The highest BCUT2D eigenvalue weighted by Crippen LogP contribution is 2.24. The van der Waals surface area contributed by atoms with Crippen LogP contribution in [0.25, 0.3) is 0 Å². The quantitative estimate of drug-likeness (QED) is 0.159. The van der Waals surface area contributed by atoms with Gasteiger partial charge in [0.05, 0.1) is 11.0 Å². The van der Waals surface area contributed by atoms with Gasteiger partial charge in [-0.15, -0.1) is 0 Å². The number of amides is 2. The minimum atomic E-state index is -3.79. The molecule has 2 heterocycles. The maximum absolute atomic E-state index is 13.0. The Bertz CT molecular complexity index is 1390. The number of hydrogen-bond acceptors (Lipinski definition) is 7. The van der Waals surface area contributed by atoms with Gasteiger partial charge in [-0.05, 0) is 80.8 Å². The van der Waals surface area contributed by atoms with Crippen LogP contribution in [0.15, 0.2) is 71.8 Å². The summed E-state index contributed by atoms with van der Waals surface area (Å²) in [4.78, 5) is 18.7. The minimum Gasteiger partial charge on any atom is -0.387 e. The van der Waals surface area contributed by atoms with E-state index in [0.717, 1.165) is 68.6 Å². The number of aliphatic hydroxyl groups is 1. The normalized spacial score (nSPS) is 14.7. The number of aryl methyl sites for hydroxylation is 1. The van der Waals surface area contributed by atoms with Gasteiger partial charge in [-0.3, -0.25) is 9.71 Å². The smallest absolute Gasteiger partial charge is 0.319 e. The van der Waals surface area contributed by atoms with E-state index >= 15 is 0 Å². The number of nitrogens with zero attached hydrogens (tertiary/aromatic N) is 2. The largest absolute Gasteiger partial charge is 0.387 e. The van der Waals surface area contributed by atoms with Gasteiger partial charge in [0.25, 0.3) is 10.0 Å². The first-order valence-corrected chi connectivity index (χ1v) is 16.6. The zero-order valence-electron chi connectivity index (χ0n) is 25.1. The molecule has 11 heteroatoms. The second kappa shape index (κ2) is 15.7. The molecule has 2 amide bonds. The number of benzene rings is 2. The zero-order chi connectivity index (χ0) is 30.7. The summed E-state index contributed by atoms with van der Waals surface area (Å²) in [6.45, 7) is 6.88. The van der Waals surface area contributed by atoms with E-state index in [-0.39, 0.29) is 10.9 Å². The highest BCUT2D eigenvalue weighted by atomic mass is 32.2. The van der Waals surface area contributed by atoms with Gasteiger partial charge in [0.15, 0.2) is 0 Å². The molecule has 1 atom stereocenters. The van der Waals surface area contributed by atoms with Crippen LogP contribution in [0.5, 0.6) is 0 Å². The monoisotopic (exact) mass is 608 g/mol. The van der Waals surface area contributed by atoms with Gasteiger partial charge in [-0.25, -0.2) is 13.2 Å². The van der Waals surface area contributed by atoms with E-state index < -0.39 is 16.1 Å². The first-order valence-electron chi connectivity index (χ1n) is 15.1. The minimum absolute atomic E-state index is 0.112. The van der Waals surface area contributed by atoms with Gasteiger partial charge in [-0.2, -0.15) is 0 Å². The number of urea groups is 1. The van der Waals surface area contributed by atoms with Crippen LogP contribution in [0, 0.1) is 6.92 Å². The second-order valence-electron chi connectivity index (χ2n) is 11.0. The van der Waals surface area contributed by atoms with Crippen molar-refractivity contribution >= 4 is 33.1 Å². The Morgan fingerprint density at radius 3 is 2.33 bits per heavy atom. The number of piperidine rings is 1. The number of carbonyl (C=O) groups is 1. The summed E-state index contributed by atoms with van der Waals surface area (Å²) in [5.41, 5.74) is 3.77. The maximum atomic E-state index is 13.0. The van der Waals surface area contributed by atoms with Gasteiger partial charge in [0, 0.05) is 66.7 Å². The van der Waals surface area contributed by atoms with Crippen LogP contribution in [0.4, 0.5) is 21.9 Å². The van der Waals surface area contributed by atoms with E-state index in [9.17, 15) is 18.3 Å². The van der Waals surface area contributed by atoms with Crippen LogP contribution < -0.4 is 25.6 Å². The summed E-state index contributed by atoms with van der Waals surface area (Å²) in [6, 6.07) is 17.3. The SMILES string of the molecule is CCCCCCNC(=O)Nc1ccc(S(=O)(=O)Nc2ccc(N3CCC(NCC(O)c4ccc(C)nc4)CC3)cc2)cc1. The molecule has 10 nitrogen and oxygen atoms in total. The average molecular weight is 609 g/mol. The molecule has 3 aromatic rings. The lowest BCUT2D eigenvalue weighted by Gasteiger charge is -2.34. The second-order valence-corrected chi connectivity index (χ2v) is 12.7. The number of hydrogen-bond donors (Lipinski definition) is 5. The van der Waals surface area contributed by atoms with Crippen molar-refractivity contribution in [2.24, 2.45) is 0 Å². The summed E-state index contributed by atoms with van der Waals surface area (Å²) in [7, 11) is -3.79. The van der Waals surface area contributed by atoms with Crippen LogP contribution in [-0.2, 0) is 10.0 Å². The summed E-state index contributed by atoms with van der Waals surface area (Å²) in [5.74, 6) is 0. The lowest BCUT2D eigenvalue weighted by atomic mass is 10.0. The molecule has 2 aromatic carbocycles. The van der Waals surface area contributed by atoms with E-state index in [4.69, 9.17) is 0 Å². The summed E-state index contributed by atoms with van der Waals surface area (Å²) >= 11 is 0. The Balaban J connectivity index is 1.21. The van der Waals surface area contributed by atoms with Crippen molar-refractivity contribution in [2.45, 2.75) is 69.4 Å². The number of pyridine rings is 1. The third-order valence-corrected chi connectivity index (χ3v) is 9.03. The molecule has 1 aliphatic rings. The van der Waals surface area contributed by atoms with Crippen molar-refractivity contribution in [2.75, 3.05) is 41.1 Å². The third-order valence-electron chi connectivity index (χ3n) is 7.64. The molecule has 0 spiro atoms. The van der Waals surface area contributed by atoms with Gasteiger partial charge < -0.3 is 26.0 Å². The highest BCUT2D eigenvalue weighted by molar-refractivity contribution is 7.92. The molecule has 1 aliphatic heterocycles. The highest BCUT2D eigenvalue weighted by Gasteiger charge is 2.21.